The molecule has 1 aliphatic rings. The van der Waals surface area contributed by atoms with Gasteiger partial charge < -0.3 is 19.8 Å². The van der Waals surface area contributed by atoms with Crippen molar-refractivity contribution >= 4 is 18.0 Å². The maximum absolute atomic E-state index is 12.2. The zero-order valence-electron chi connectivity index (χ0n) is 13.3. The van der Waals surface area contributed by atoms with Gasteiger partial charge in [-0.3, -0.25) is 9.59 Å². The van der Waals surface area contributed by atoms with Gasteiger partial charge in [0.25, 0.3) is 0 Å². The van der Waals surface area contributed by atoms with Crippen LogP contribution in [0.1, 0.15) is 24.8 Å². The molecule has 1 aromatic rings. The first-order chi connectivity index (χ1) is 11.5. The zero-order chi connectivity index (χ0) is 17.5. The number of benzene rings is 1. The summed E-state index contributed by atoms with van der Waals surface area (Å²) in [4.78, 5) is 35.6. The molecule has 1 aromatic carbocycles. The number of carboxylic acids is 2. The summed E-state index contributed by atoms with van der Waals surface area (Å²) in [5.74, 6) is -2.56. The van der Waals surface area contributed by atoms with E-state index >= 15 is 0 Å². The van der Waals surface area contributed by atoms with Gasteiger partial charge in [-0.15, -0.1) is 0 Å². The molecule has 0 aromatic heterocycles. The largest absolute Gasteiger partial charge is 0.481 e. The Morgan fingerprint density at radius 2 is 1.67 bits per heavy atom. The summed E-state index contributed by atoms with van der Waals surface area (Å²) >= 11 is 0. The lowest BCUT2D eigenvalue weighted by Crippen LogP contribution is -2.45. The first kappa shape index (κ1) is 17.8. The average molecular weight is 335 g/mol. The number of aliphatic carboxylic acids is 2. The normalized spacial score (nSPS) is 20.4. The van der Waals surface area contributed by atoms with Crippen LogP contribution in [0, 0.1) is 11.8 Å². The number of likely N-dealkylation sites (tertiary alicyclic amines) is 1. The number of hydrogen-bond acceptors (Lipinski definition) is 4. The second-order valence-corrected chi connectivity index (χ2v) is 5.99. The molecule has 0 aliphatic carbocycles. The molecule has 1 aliphatic heterocycles. The number of ether oxygens (including phenoxy) is 1. The fourth-order valence-corrected chi connectivity index (χ4v) is 3.01. The Bertz CT molecular complexity index is 588. The fraction of sp³-hybridized carbons (Fsp3) is 0.471. The van der Waals surface area contributed by atoms with E-state index in [-0.39, 0.29) is 37.8 Å². The Morgan fingerprint density at radius 3 is 2.29 bits per heavy atom. The second-order valence-electron chi connectivity index (χ2n) is 5.99. The van der Waals surface area contributed by atoms with E-state index in [1.165, 1.54) is 4.90 Å². The number of carboxylic acid groups (broad SMARTS) is 2. The van der Waals surface area contributed by atoms with Crippen molar-refractivity contribution in [1.82, 2.24) is 4.90 Å². The molecule has 1 saturated heterocycles. The maximum Gasteiger partial charge on any atom is 0.410 e. The third-order valence-corrected chi connectivity index (χ3v) is 4.23. The van der Waals surface area contributed by atoms with Crippen LogP contribution in [0.25, 0.3) is 0 Å². The monoisotopic (exact) mass is 335 g/mol. The standard InChI is InChI=1S/C17H21NO6/c19-15(20)8-13-6-7-18(10-14(13)9-16(21)22)17(23)24-11-12-4-2-1-3-5-12/h1-5,13-14H,6-11H2,(H,19,20)(H,21,22)/t13-,14?/m0/s1. The highest BCUT2D eigenvalue weighted by Gasteiger charge is 2.34. The summed E-state index contributed by atoms with van der Waals surface area (Å²) in [5, 5.41) is 18.0. The van der Waals surface area contributed by atoms with Crippen LogP contribution in [-0.2, 0) is 20.9 Å². The minimum Gasteiger partial charge on any atom is -0.481 e. The minimum absolute atomic E-state index is 0.0785. The fourth-order valence-electron chi connectivity index (χ4n) is 3.01. The van der Waals surface area contributed by atoms with Gasteiger partial charge in [0, 0.05) is 19.5 Å². The molecule has 130 valence electrons. The molecule has 7 heteroatoms. The number of hydrogen-bond donors (Lipinski definition) is 2. The van der Waals surface area contributed by atoms with E-state index in [2.05, 4.69) is 0 Å². The van der Waals surface area contributed by atoms with Crippen molar-refractivity contribution in [3.63, 3.8) is 0 Å². The van der Waals surface area contributed by atoms with Gasteiger partial charge in [0.1, 0.15) is 6.61 Å². The van der Waals surface area contributed by atoms with E-state index in [9.17, 15) is 14.4 Å². The van der Waals surface area contributed by atoms with E-state index in [1.807, 2.05) is 30.3 Å². The van der Waals surface area contributed by atoms with Crippen LogP contribution in [0.4, 0.5) is 4.79 Å². The number of carbonyl (C=O) groups is 3. The molecular formula is C17H21NO6. The molecule has 7 nitrogen and oxygen atoms in total. The van der Waals surface area contributed by atoms with Gasteiger partial charge >= 0.3 is 18.0 Å². The predicted octanol–water partition coefficient (Wildman–Crippen LogP) is 2.21. The lowest BCUT2D eigenvalue weighted by molar-refractivity contribution is -0.142. The second kappa shape index (κ2) is 8.33. The van der Waals surface area contributed by atoms with Crippen LogP contribution in [-0.4, -0.2) is 46.2 Å². The average Bonchev–Trinajstić information content (AvgIpc) is 2.54. The Hall–Kier alpha value is -2.57. The molecule has 0 saturated carbocycles. The Balaban J connectivity index is 1.92. The predicted molar refractivity (Wildman–Crippen MR) is 84.3 cm³/mol. The van der Waals surface area contributed by atoms with E-state index < -0.39 is 18.0 Å². The summed E-state index contributed by atoms with van der Waals surface area (Å²) in [5.41, 5.74) is 0.869. The third kappa shape index (κ3) is 5.26. The van der Waals surface area contributed by atoms with Crippen LogP contribution in [0.3, 0.4) is 0 Å². The van der Waals surface area contributed by atoms with E-state index in [1.54, 1.807) is 0 Å². The molecule has 2 rings (SSSR count). The molecule has 1 amide bonds. The van der Waals surface area contributed by atoms with Crippen molar-refractivity contribution in [3.8, 4) is 0 Å². The summed E-state index contributed by atoms with van der Waals surface area (Å²) in [6, 6.07) is 9.27. The summed E-state index contributed by atoms with van der Waals surface area (Å²) < 4.78 is 5.26. The number of nitrogens with zero attached hydrogens (tertiary/aromatic N) is 1. The molecule has 1 unspecified atom stereocenters. The lowest BCUT2D eigenvalue weighted by Gasteiger charge is -2.36. The molecule has 1 fully saturated rings. The summed E-state index contributed by atoms with van der Waals surface area (Å²) in [7, 11) is 0. The third-order valence-electron chi connectivity index (χ3n) is 4.23. The van der Waals surface area contributed by atoms with Crippen molar-refractivity contribution < 1.29 is 29.3 Å². The lowest BCUT2D eigenvalue weighted by atomic mass is 9.81. The van der Waals surface area contributed by atoms with Gasteiger partial charge in [0.2, 0.25) is 0 Å². The van der Waals surface area contributed by atoms with E-state index in [0.29, 0.717) is 13.0 Å². The number of piperidine rings is 1. The number of amides is 1. The van der Waals surface area contributed by atoms with Crippen LogP contribution < -0.4 is 0 Å². The highest BCUT2D eigenvalue weighted by Crippen LogP contribution is 2.29. The minimum atomic E-state index is -0.991. The van der Waals surface area contributed by atoms with Gasteiger partial charge in [-0.1, -0.05) is 30.3 Å². The molecule has 24 heavy (non-hydrogen) atoms. The van der Waals surface area contributed by atoms with Crippen molar-refractivity contribution in [1.29, 1.82) is 0 Å². The topological polar surface area (TPSA) is 104 Å². The van der Waals surface area contributed by atoms with Gasteiger partial charge in [-0.05, 0) is 23.8 Å². The van der Waals surface area contributed by atoms with Crippen LogP contribution in [0.2, 0.25) is 0 Å². The first-order valence-corrected chi connectivity index (χ1v) is 7.85. The smallest absolute Gasteiger partial charge is 0.410 e. The highest BCUT2D eigenvalue weighted by atomic mass is 16.6. The van der Waals surface area contributed by atoms with Gasteiger partial charge in [-0.25, -0.2) is 4.79 Å². The SMILES string of the molecule is O=C(O)CC1CN(C(=O)OCc2ccccc2)CC[C@H]1CC(=O)O. The molecule has 0 radical (unpaired) electrons. The van der Waals surface area contributed by atoms with Crippen molar-refractivity contribution in [3.05, 3.63) is 35.9 Å². The van der Waals surface area contributed by atoms with Gasteiger partial charge in [-0.2, -0.15) is 0 Å². The van der Waals surface area contributed by atoms with Crippen molar-refractivity contribution in [2.75, 3.05) is 13.1 Å². The number of rotatable bonds is 6. The Kier molecular flexibility index (Phi) is 6.17. The maximum atomic E-state index is 12.2. The van der Waals surface area contributed by atoms with Gasteiger partial charge in [0.15, 0.2) is 0 Å². The molecule has 1 heterocycles. The van der Waals surface area contributed by atoms with Crippen LogP contribution in [0.15, 0.2) is 30.3 Å². The molecule has 2 atom stereocenters. The van der Waals surface area contributed by atoms with E-state index in [0.717, 1.165) is 5.56 Å². The quantitative estimate of drug-likeness (QED) is 0.826. The van der Waals surface area contributed by atoms with Crippen molar-refractivity contribution in [2.24, 2.45) is 11.8 Å². The molecule has 0 bridgehead atoms. The zero-order valence-corrected chi connectivity index (χ0v) is 13.3. The van der Waals surface area contributed by atoms with E-state index in [4.69, 9.17) is 14.9 Å². The summed E-state index contributed by atoms with van der Waals surface area (Å²) in [6.07, 6.45) is -0.265. The molecular weight excluding hydrogens is 314 g/mol. The Labute approximate surface area is 139 Å². The van der Waals surface area contributed by atoms with Gasteiger partial charge in [0.05, 0.1) is 6.42 Å². The van der Waals surface area contributed by atoms with Crippen LogP contribution in [0.5, 0.6) is 0 Å². The highest BCUT2D eigenvalue weighted by molar-refractivity contribution is 5.70. The summed E-state index contributed by atoms with van der Waals surface area (Å²) in [6.45, 7) is 0.734. The molecule has 0 spiro atoms. The number of carbonyl (C=O) groups excluding carboxylic acids is 1. The molecule has 2 N–H and O–H groups in total. The Morgan fingerprint density at radius 1 is 1.04 bits per heavy atom. The van der Waals surface area contributed by atoms with Crippen LogP contribution >= 0.6 is 0 Å². The van der Waals surface area contributed by atoms with Crippen molar-refractivity contribution in [2.45, 2.75) is 25.9 Å². The first-order valence-electron chi connectivity index (χ1n) is 7.85.